The van der Waals surface area contributed by atoms with Crippen molar-refractivity contribution in [2.24, 2.45) is 0 Å². The highest BCUT2D eigenvalue weighted by molar-refractivity contribution is 5.58. The van der Waals surface area contributed by atoms with Crippen LogP contribution in [0.2, 0.25) is 0 Å². The monoisotopic (exact) mass is 397 g/mol. The number of hydrogen-bond donors (Lipinski definition) is 0. The zero-order chi connectivity index (χ0) is 20.0. The molecule has 1 saturated heterocycles. The van der Waals surface area contributed by atoms with E-state index in [1.807, 2.05) is 18.2 Å². The van der Waals surface area contributed by atoms with Gasteiger partial charge in [-0.1, -0.05) is 6.07 Å². The van der Waals surface area contributed by atoms with Crippen LogP contribution in [0.1, 0.15) is 43.2 Å². The Kier molecular flexibility index (Phi) is 4.46. The molecule has 0 unspecified atom stereocenters. The van der Waals surface area contributed by atoms with Crippen LogP contribution >= 0.6 is 0 Å². The lowest BCUT2D eigenvalue weighted by Gasteiger charge is -2.45. The molecule has 2 aromatic carbocycles. The van der Waals surface area contributed by atoms with E-state index < -0.39 is 0 Å². The third-order valence-electron chi connectivity index (χ3n) is 6.38. The molecule has 3 aliphatic rings. The van der Waals surface area contributed by atoms with Crippen molar-refractivity contribution in [1.29, 1.82) is 0 Å². The number of fused-ring (bicyclic) bond motifs is 2. The van der Waals surface area contributed by atoms with E-state index in [1.165, 1.54) is 12.8 Å². The van der Waals surface area contributed by atoms with Crippen molar-refractivity contribution in [2.75, 3.05) is 34.1 Å². The van der Waals surface area contributed by atoms with Crippen LogP contribution in [0.5, 0.6) is 28.7 Å². The molecule has 0 spiro atoms. The normalized spacial score (nSPS) is 25.4. The fraction of sp³-hybridized carbons (Fsp3) is 0.478. The number of ether oxygens (including phenoxy) is 5. The van der Waals surface area contributed by atoms with Crippen molar-refractivity contribution < 1.29 is 23.7 Å². The molecule has 0 radical (unpaired) electrons. The van der Waals surface area contributed by atoms with Crippen LogP contribution in [-0.4, -0.2) is 44.7 Å². The summed E-state index contributed by atoms with van der Waals surface area (Å²) in [5, 5.41) is 0. The average molecular weight is 397 g/mol. The Morgan fingerprint density at radius 3 is 2.41 bits per heavy atom. The fourth-order valence-corrected chi connectivity index (χ4v) is 4.83. The Hall–Kier alpha value is -2.60. The maximum atomic E-state index is 6.62. The van der Waals surface area contributed by atoms with Gasteiger partial charge in [-0.25, -0.2) is 0 Å². The molecule has 0 aliphatic carbocycles. The summed E-state index contributed by atoms with van der Waals surface area (Å²) < 4.78 is 29.0. The van der Waals surface area contributed by atoms with Gasteiger partial charge in [0.05, 0.1) is 14.2 Å². The van der Waals surface area contributed by atoms with Gasteiger partial charge in [-0.05, 0) is 31.9 Å². The third-order valence-corrected chi connectivity index (χ3v) is 6.38. The van der Waals surface area contributed by atoms with Crippen LogP contribution in [0, 0.1) is 0 Å². The molecule has 5 rings (SSSR count). The first-order valence-corrected chi connectivity index (χ1v) is 10.2. The zero-order valence-electron chi connectivity index (χ0n) is 17.2. The molecule has 0 aromatic heterocycles. The molecule has 0 N–H and O–H groups in total. The molecule has 2 aromatic rings. The molecular weight excluding hydrogens is 370 g/mol. The smallest absolute Gasteiger partial charge is 0.231 e. The summed E-state index contributed by atoms with van der Waals surface area (Å²) in [5.41, 5.74) is 1.85. The highest BCUT2D eigenvalue weighted by atomic mass is 16.7. The highest BCUT2D eigenvalue weighted by Gasteiger charge is 2.44. The molecule has 29 heavy (non-hydrogen) atoms. The van der Waals surface area contributed by atoms with Crippen LogP contribution in [-0.2, 0) is 0 Å². The van der Waals surface area contributed by atoms with Gasteiger partial charge < -0.3 is 23.7 Å². The quantitative estimate of drug-likeness (QED) is 0.772. The third kappa shape index (κ3) is 3.06. The summed E-state index contributed by atoms with van der Waals surface area (Å²) in [5.74, 6) is 4.09. The number of nitrogens with zero attached hydrogens (tertiary/aromatic N) is 1. The Labute approximate surface area is 171 Å². The Balaban J connectivity index is 1.64. The van der Waals surface area contributed by atoms with Crippen LogP contribution < -0.4 is 23.7 Å². The average Bonchev–Trinajstić information content (AvgIpc) is 3.43. The van der Waals surface area contributed by atoms with Gasteiger partial charge in [-0.15, -0.1) is 0 Å². The number of likely N-dealkylation sites (tertiary alicyclic amines) is 1. The van der Waals surface area contributed by atoms with Gasteiger partial charge >= 0.3 is 0 Å². The summed E-state index contributed by atoms with van der Waals surface area (Å²) >= 11 is 0. The van der Waals surface area contributed by atoms with Crippen molar-refractivity contribution in [1.82, 2.24) is 4.90 Å². The second-order valence-electron chi connectivity index (χ2n) is 8.08. The van der Waals surface area contributed by atoms with Crippen molar-refractivity contribution in [3.8, 4) is 28.7 Å². The summed E-state index contributed by atoms with van der Waals surface area (Å²) in [6.07, 6.45) is 3.26. The van der Waals surface area contributed by atoms with Crippen molar-refractivity contribution >= 4 is 0 Å². The van der Waals surface area contributed by atoms with E-state index in [1.54, 1.807) is 14.2 Å². The van der Waals surface area contributed by atoms with Gasteiger partial charge in [0.1, 0.15) is 17.2 Å². The lowest BCUT2D eigenvalue weighted by atomic mass is 9.81. The minimum absolute atomic E-state index is 0.111. The van der Waals surface area contributed by atoms with Crippen LogP contribution in [0.15, 0.2) is 30.3 Å². The van der Waals surface area contributed by atoms with Crippen LogP contribution in [0.4, 0.5) is 0 Å². The van der Waals surface area contributed by atoms with Gasteiger partial charge in [0.2, 0.25) is 6.79 Å². The summed E-state index contributed by atoms with van der Waals surface area (Å²) in [6, 6.07) is 10.1. The summed E-state index contributed by atoms with van der Waals surface area (Å²) in [4.78, 5) is 2.46. The second kappa shape index (κ2) is 7.02. The van der Waals surface area contributed by atoms with E-state index in [4.69, 9.17) is 23.7 Å². The predicted molar refractivity (Wildman–Crippen MR) is 108 cm³/mol. The van der Waals surface area contributed by atoms with Crippen molar-refractivity contribution in [3.63, 3.8) is 0 Å². The molecule has 0 bridgehead atoms. The molecule has 6 nitrogen and oxygen atoms in total. The minimum Gasteiger partial charge on any atom is -0.497 e. The Morgan fingerprint density at radius 2 is 1.69 bits per heavy atom. The number of benzene rings is 2. The van der Waals surface area contributed by atoms with Crippen LogP contribution in [0.3, 0.4) is 0 Å². The molecule has 0 saturated carbocycles. The van der Waals surface area contributed by atoms with Gasteiger partial charge in [0.15, 0.2) is 17.2 Å². The first-order valence-electron chi connectivity index (χ1n) is 10.2. The van der Waals surface area contributed by atoms with E-state index in [9.17, 15) is 0 Å². The molecule has 3 heterocycles. The SMILES string of the molecule is COc1ccc([C@@H]2C[C@@](C)(N3CCCC3)Oc3cc4c(cc32)OCO4)c(OC)c1. The summed E-state index contributed by atoms with van der Waals surface area (Å²) in [7, 11) is 3.38. The van der Waals surface area contributed by atoms with Gasteiger partial charge in [-0.2, -0.15) is 0 Å². The molecule has 2 atom stereocenters. The summed E-state index contributed by atoms with van der Waals surface area (Å²) in [6.45, 7) is 4.57. The number of methoxy groups -OCH3 is 2. The highest BCUT2D eigenvalue weighted by Crippen LogP contribution is 2.52. The largest absolute Gasteiger partial charge is 0.497 e. The molecule has 1 fully saturated rings. The topological polar surface area (TPSA) is 49.4 Å². The van der Waals surface area contributed by atoms with E-state index in [2.05, 4.69) is 24.0 Å². The standard InChI is InChI=1S/C23H27NO5/c1-23(24-8-4-5-9-24)13-18(16-7-6-15(25-2)10-19(16)26-3)17-11-21-22(28-14-27-21)12-20(17)29-23/h6-7,10-12,18H,4-5,8-9,13-14H2,1-3H3/t18-,23-/m0/s1. The first-order chi connectivity index (χ1) is 14.1. The Morgan fingerprint density at radius 1 is 0.931 bits per heavy atom. The lowest BCUT2D eigenvalue weighted by molar-refractivity contribution is -0.0768. The van der Waals surface area contributed by atoms with E-state index in [0.29, 0.717) is 0 Å². The lowest BCUT2D eigenvalue weighted by Crippen LogP contribution is -2.52. The zero-order valence-corrected chi connectivity index (χ0v) is 17.2. The molecule has 154 valence electrons. The van der Waals surface area contributed by atoms with Gasteiger partial charge in [0.25, 0.3) is 0 Å². The maximum absolute atomic E-state index is 6.62. The molecule has 3 aliphatic heterocycles. The number of rotatable bonds is 4. The van der Waals surface area contributed by atoms with Crippen LogP contribution in [0.25, 0.3) is 0 Å². The fourth-order valence-electron chi connectivity index (χ4n) is 4.83. The maximum Gasteiger partial charge on any atom is 0.231 e. The minimum atomic E-state index is -0.382. The van der Waals surface area contributed by atoms with Crippen molar-refractivity contribution in [2.45, 2.75) is 37.8 Å². The predicted octanol–water partition coefficient (Wildman–Crippen LogP) is 4.16. The van der Waals surface area contributed by atoms with Gasteiger partial charge in [0, 0.05) is 48.7 Å². The molecular formula is C23H27NO5. The molecule has 6 heteroatoms. The van der Waals surface area contributed by atoms with E-state index in [-0.39, 0.29) is 18.4 Å². The number of hydrogen-bond acceptors (Lipinski definition) is 6. The van der Waals surface area contributed by atoms with Crippen molar-refractivity contribution in [3.05, 3.63) is 41.5 Å². The first kappa shape index (κ1) is 18.4. The molecule has 0 amide bonds. The Bertz CT molecular complexity index is 924. The van der Waals surface area contributed by atoms with Gasteiger partial charge in [-0.3, -0.25) is 4.90 Å². The van der Waals surface area contributed by atoms with E-state index >= 15 is 0 Å². The van der Waals surface area contributed by atoms with E-state index in [0.717, 1.165) is 59.4 Å². The second-order valence-corrected chi connectivity index (χ2v) is 8.08.